The largest absolute Gasteiger partial charge is 0.379 e. The molecule has 1 unspecified atom stereocenters. The first kappa shape index (κ1) is 23.5. The Bertz CT molecular complexity index is 786. The van der Waals surface area contributed by atoms with Crippen molar-refractivity contribution in [1.82, 2.24) is 15.5 Å². The molecule has 0 saturated carbocycles. The monoisotopic (exact) mass is 516 g/mol. The summed E-state index contributed by atoms with van der Waals surface area (Å²) in [5.41, 5.74) is 1.47. The molecule has 1 fully saturated rings. The predicted octanol–water partition coefficient (Wildman–Crippen LogP) is 3.32. The molecule has 0 spiro atoms. The fourth-order valence-corrected chi connectivity index (χ4v) is 3.29. The summed E-state index contributed by atoms with van der Waals surface area (Å²) in [6.07, 6.45) is 0. The number of guanidine groups is 1. The fraction of sp³-hybridized carbons (Fsp3) is 0.381. The maximum Gasteiger partial charge on any atom is 0.191 e. The number of ether oxygens (including phenoxy) is 1. The molecule has 0 aromatic heterocycles. The summed E-state index contributed by atoms with van der Waals surface area (Å²) in [5.74, 6) is -0.365. The van der Waals surface area contributed by atoms with Crippen LogP contribution < -0.4 is 10.6 Å². The van der Waals surface area contributed by atoms with Gasteiger partial charge in [0.15, 0.2) is 5.96 Å². The highest BCUT2D eigenvalue weighted by molar-refractivity contribution is 14.0. The SMILES string of the molecule is CN=C(NCc1cc(F)ccc1F)NCC(c1ccccc1)N1CCOCC1.I. The van der Waals surface area contributed by atoms with Crippen LogP contribution in [-0.2, 0) is 11.3 Å². The molecule has 1 heterocycles. The van der Waals surface area contributed by atoms with E-state index in [1.165, 1.54) is 11.6 Å². The van der Waals surface area contributed by atoms with Crippen LogP contribution in [0.3, 0.4) is 0 Å². The number of halogens is 3. The summed E-state index contributed by atoms with van der Waals surface area (Å²) in [6.45, 7) is 3.94. The minimum atomic E-state index is -0.461. The molecular formula is C21H27F2IN4O. The molecule has 5 nitrogen and oxygen atoms in total. The van der Waals surface area contributed by atoms with Crippen molar-refractivity contribution in [2.75, 3.05) is 39.9 Å². The summed E-state index contributed by atoms with van der Waals surface area (Å²) in [7, 11) is 1.66. The minimum absolute atomic E-state index is 0. The molecule has 2 N–H and O–H groups in total. The van der Waals surface area contributed by atoms with Crippen LogP contribution >= 0.6 is 24.0 Å². The predicted molar refractivity (Wildman–Crippen MR) is 122 cm³/mol. The Morgan fingerprint density at radius 1 is 1.10 bits per heavy atom. The van der Waals surface area contributed by atoms with E-state index in [1.54, 1.807) is 7.05 Å². The van der Waals surface area contributed by atoms with Gasteiger partial charge >= 0.3 is 0 Å². The van der Waals surface area contributed by atoms with Crippen molar-refractivity contribution in [3.05, 3.63) is 71.3 Å². The average molecular weight is 516 g/mol. The molecule has 2 aromatic carbocycles. The molecular weight excluding hydrogens is 489 g/mol. The second kappa shape index (κ2) is 12.0. The lowest BCUT2D eigenvalue weighted by atomic mass is 10.0. The van der Waals surface area contributed by atoms with Gasteiger partial charge in [0, 0.05) is 38.8 Å². The van der Waals surface area contributed by atoms with Crippen LogP contribution in [0.2, 0.25) is 0 Å². The zero-order valence-electron chi connectivity index (χ0n) is 16.4. The first-order valence-electron chi connectivity index (χ1n) is 9.42. The zero-order chi connectivity index (χ0) is 19.8. The molecule has 2 aromatic rings. The highest BCUT2D eigenvalue weighted by atomic mass is 127. The van der Waals surface area contributed by atoms with Crippen molar-refractivity contribution in [2.24, 2.45) is 4.99 Å². The first-order valence-corrected chi connectivity index (χ1v) is 9.42. The van der Waals surface area contributed by atoms with Gasteiger partial charge < -0.3 is 15.4 Å². The van der Waals surface area contributed by atoms with Crippen molar-refractivity contribution in [3.8, 4) is 0 Å². The van der Waals surface area contributed by atoms with Crippen LogP contribution in [0.1, 0.15) is 17.2 Å². The molecule has 0 radical (unpaired) electrons. The van der Waals surface area contributed by atoms with Crippen LogP contribution in [-0.4, -0.2) is 50.8 Å². The van der Waals surface area contributed by atoms with Crippen LogP contribution in [0.4, 0.5) is 8.78 Å². The molecule has 0 aliphatic carbocycles. The number of nitrogens with one attached hydrogen (secondary N) is 2. The molecule has 0 amide bonds. The quantitative estimate of drug-likeness (QED) is 0.352. The Balaban J connectivity index is 0.00000300. The lowest BCUT2D eigenvalue weighted by Gasteiger charge is -2.35. The summed E-state index contributed by atoms with van der Waals surface area (Å²) < 4.78 is 32.6. The zero-order valence-corrected chi connectivity index (χ0v) is 18.7. The summed E-state index contributed by atoms with van der Waals surface area (Å²) in [5, 5.41) is 6.36. The average Bonchev–Trinajstić information content (AvgIpc) is 2.74. The molecule has 1 atom stereocenters. The molecule has 1 aliphatic rings. The van der Waals surface area contributed by atoms with E-state index in [-0.39, 0.29) is 42.1 Å². The molecule has 0 bridgehead atoms. The van der Waals surface area contributed by atoms with E-state index < -0.39 is 11.6 Å². The van der Waals surface area contributed by atoms with Gasteiger partial charge in [-0.1, -0.05) is 30.3 Å². The smallest absolute Gasteiger partial charge is 0.191 e. The van der Waals surface area contributed by atoms with Gasteiger partial charge in [0.25, 0.3) is 0 Å². The van der Waals surface area contributed by atoms with Crippen molar-refractivity contribution in [1.29, 1.82) is 0 Å². The molecule has 8 heteroatoms. The highest BCUT2D eigenvalue weighted by Gasteiger charge is 2.22. The van der Waals surface area contributed by atoms with Crippen LogP contribution in [0.25, 0.3) is 0 Å². The van der Waals surface area contributed by atoms with Crippen molar-refractivity contribution >= 4 is 29.9 Å². The van der Waals surface area contributed by atoms with Gasteiger partial charge in [-0.05, 0) is 23.8 Å². The Morgan fingerprint density at radius 3 is 2.52 bits per heavy atom. The van der Waals surface area contributed by atoms with Crippen molar-refractivity contribution in [3.63, 3.8) is 0 Å². The lowest BCUT2D eigenvalue weighted by Crippen LogP contribution is -2.46. The lowest BCUT2D eigenvalue weighted by molar-refractivity contribution is 0.0170. The van der Waals surface area contributed by atoms with Gasteiger partial charge in [0.2, 0.25) is 0 Å². The maximum atomic E-state index is 13.8. The number of hydrogen-bond donors (Lipinski definition) is 2. The number of benzene rings is 2. The van der Waals surface area contributed by atoms with Crippen molar-refractivity contribution < 1.29 is 13.5 Å². The second-order valence-corrected chi connectivity index (χ2v) is 6.62. The van der Waals surface area contributed by atoms with E-state index in [9.17, 15) is 8.78 Å². The van der Waals surface area contributed by atoms with Gasteiger partial charge in [0.1, 0.15) is 11.6 Å². The van der Waals surface area contributed by atoms with Crippen LogP contribution in [0, 0.1) is 11.6 Å². The Kier molecular flexibility index (Phi) is 9.75. The topological polar surface area (TPSA) is 48.9 Å². The summed E-state index contributed by atoms with van der Waals surface area (Å²) >= 11 is 0. The normalized spacial score (nSPS) is 16.0. The summed E-state index contributed by atoms with van der Waals surface area (Å²) in [6, 6.07) is 13.9. The number of nitrogens with zero attached hydrogens (tertiary/aromatic N) is 2. The van der Waals surface area contributed by atoms with Crippen LogP contribution in [0.5, 0.6) is 0 Å². The van der Waals surface area contributed by atoms with Crippen molar-refractivity contribution in [2.45, 2.75) is 12.6 Å². The fourth-order valence-electron chi connectivity index (χ4n) is 3.29. The minimum Gasteiger partial charge on any atom is -0.379 e. The third kappa shape index (κ3) is 6.90. The highest BCUT2D eigenvalue weighted by Crippen LogP contribution is 2.21. The molecule has 29 heavy (non-hydrogen) atoms. The van der Waals surface area contributed by atoms with Crippen LogP contribution in [0.15, 0.2) is 53.5 Å². The van der Waals surface area contributed by atoms with E-state index in [0.29, 0.717) is 12.5 Å². The van der Waals surface area contributed by atoms with Gasteiger partial charge in [-0.3, -0.25) is 9.89 Å². The van der Waals surface area contributed by atoms with Gasteiger partial charge in [0.05, 0.1) is 19.3 Å². The van der Waals surface area contributed by atoms with E-state index in [4.69, 9.17) is 4.74 Å². The Hall–Kier alpha value is -1.78. The number of rotatable bonds is 6. The maximum absolute atomic E-state index is 13.8. The summed E-state index contributed by atoms with van der Waals surface area (Å²) in [4.78, 5) is 6.58. The molecule has 158 valence electrons. The first-order chi connectivity index (χ1) is 13.7. The third-order valence-corrected chi connectivity index (χ3v) is 4.81. The molecule has 3 rings (SSSR count). The van der Waals surface area contributed by atoms with Gasteiger partial charge in [-0.2, -0.15) is 0 Å². The Morgan fingerprint density at radius 2 is 1.83 bits per heavy atom. The van der Waals surface area contributed by atoms with Gasteiger partial charge in [-0.15, -0.1) is 24.0 Å². The second-order valence-electron chi connectivity index (χ2n) is 6.62. The number of hydrogen-bond acceptors (Lipinski definition) is 3. The van der Waals surface area contributed by atoms with E-state index >= 15 is 0 Å². The molecule has 1 saturated heterocycles. The third-order valence-electron chi connectivity index (χ3n) is 4.81. The van der Waals surface area contributed by atoms with Gasteiger partial charge in [-0.25, -0.2) is 8.78 Å². The Labute approximate surface area is 187 Å². The number of morpholine rings is 1. The van der Waals surface area contributed by atoms with E-state index in [0.717, 1.165) is 38.4 Å². The van der Waals surface area contributed by atoms with E-state index in [2.05, 4.69) is 32.7 Å². The van der Waals surface area contributed by atoms with E-state index in [1.807, 2.05) is 18.2 Å². The molecule has 1 aliphatic heterocycles. The standard InChI is InChI=1S/C21H26F2N4O.HI/c1-24-21(25-14-17-13-18(22)7-8-19(17)23)26-15-20(16-5-3-2-4-6-16)27-9-11-28-12-10-27;/h2-8,13,20H,9-12,14-15H2,1H3,(H2,24,25,26);1H. The number of aliphatic imine (C=N–C) groups is 1.